The zero-order valence-electron chi connectivity index (χ0n) is 14.9. The number of methoxy groups -OCH3 is 2. The number of carbonyl (C=O) groups excluding carboxylic acids is 2. The predicted octanol–water partition coefficient (Wildman–Crippen LogP) is 1.82. The first-order valence-corrected chi connectivity index (χ1v) is 8.44. The van der Waals surface area contributed by atoms with Gasteiger partial charge in [0.2, 0.25) is 5.91 Å². The van der Waals surface area contributed by atoms with Crippen LogP contribution >= 0.6 is 0 Å². The highest BCUT2D eigenvalue weighted by atomic mass is 16.5. The number of carbonyl (C=O) groups is 2. The highest BCUT2D eigenvalue weighted by molar-refractivity contribution is 5.91. The van der Waals surface area contributed by atoms with Crippen molar-refractivity contribution in [3.8, 4) is 11.5 Å². The topological polar surface area (TPSA) is 72.2 Å². The van der Waals surface area contributed by atoms with E-state index in [1.54, 1.807) is 48.3 Å². The first-order chi connectivity index (χ1) is 12.6. The van der Waals surface area contributed by atoms with Gasteiger partial charge >= 0.3 is 0 Å². The van der Waals surface area contributed by atoms with Gasteiger partial charge in [-0.25, -0.2) is 0 Å². The summed E-state index contributed by atoms with van der Waals surface area (Å²) < 4.78 is 15.7. The van der Waals surface area contributed by atoms with Crippen LogP contribution in [0.15, 0.2) is 41.0 Å². The first-order valence-electron chi connectivity index (χ1n) is 8.44. The number of rotatable bonds is 5. The second-order valence-corrected chi connectivity index (χ2v) is 6.00. The molecule has 7 heteroatoms. The third kappa shape index (κ3) is 3.82. The van der Waals surface area contributed by atoms with Crippen molar-refractivity contribution in [1.82, 2.24) is 9.80 Å². The highest BCUT2D eigenvalue weighted by Crippen LogP contribution is 2.25. The molecule has 3 rings (SSSR count). The molecule has 138 valence electrons. The van der Waals surface area contributed by atoms with Crippen LogP contribution in [0.3, 0.4) is 0 Å². The number of amides is 2. The summed E-state index contributed by atoms with van der Waals surface area (Å²) in [4.78, 5) is 28.4. The lowest BCUT2D eigenvalue weighted by atomic mass is 10.1. The van der Waals surface area contributed by atoms with Gasteiger partial charge < -0.3 is 23.7 Å². The Kier molecular flexibility index (Phi) is 5.46. The van der Waals surface area contributed by atoms with Gasteiger partial charge in [0.1, 0.15) is 11.5 Å². The molecule has 1 aliphatic heterocycles. The number of furan rings is 1. The Bertz CT molecular complexity index is 764. The van der Waals surface area contributed by atoms with Crippen LogP contribution in [0.4, 0.5) is 0 Å². The fraction of sp³-hybridized carbons (Fsp3) is 0.368. The van der Waals surface area contributed by atoms with Crippen LogP contribution in [0.25, 0.3) is 0 Å². The van der Waals surface area contributed by atoms with Gasteiger partial charge in [0.05, 0.1) is 26.9 Å². The van der Waals surface area contributed by atoms with Crippen LogP contribution < -0.4 is 9.47 Å². The lowest BCUT2D eigenvalue weighted by Crippen LogP contribution is -2.50. The Morgan fingerprint density at radius 2 is 1.77 bits per heavy atom. The van der Waals surface area contributed by atoms with Crippen molar-refractivity contribution in [2.45, 2.75) is 6.42 Å². The molecule has 0 saturated carbocycles. The monoisotopic (exact) mass is 358 g/mol. The van der Waals surface area contributed by atoms with E-state index in [9.17, 15) is 9.59 Å². The Hall–Kier alpha value is -2.96. The average molecular weight is 358 g/mol. The minimum atomic E-state index is -0.142. The molecule has 0 bridgehead atoms. The van der Waals surface area contributed by atoms with Crippen molar-refractivity contribution in [2.75, 3.05) is 40.4 Å². The van der Waals surface area contributed by atoms with Crippen molar-refractivity contribution in [2.24, 2.45) is 0 Å². The molecule has 2 heterocycles. The van der Waals surface area contributed by atoms with E-state index >= 15 is 0 Å². The third-order valence-corrected chi connectivity index (χ3v) is 4.48. The summed E-state index contributed by atoms with van der Waals surface area (Å²) in [7, 11) is 3.16. The van der Waals surface area contributed by atoms with Crippen LogP contribution in [0.5, 0.6) is 11.5 Å². The summed E-state index contributed by atoms with van der Waals surface area (Å²) in [5, 5.41) is 0. The van der Waals surface area contributed by atoms with E-state index < -0.39 is 0 Å². The molecule has 0 unspecified atom stereocenters. The Labute approximate surface area is 152 Å². The second-order valence-electron chi connectivity index (χ2n) is 6.00. The second kappa shape index (κ2) is 7.95. The maximum atomic E-state index is 12.6. The maximum absolute atomic E-state index is 12.6. The van der Waals surface area contributed by atoms with E-state index in [0.29, 0.717) is 43.4 Å². The van der Waals surface area contributed by atoms with Crippen LogP contribution in [0.2, 0.25) is 0 Å². The molecule has 0 N–H and O–H groups in total. The van der Waals surface area contributed by atoms with Crippen LogP contribution in [-0.2, 0) is 11.2 Å². The SMILES string of the molecule is COc1ccc(OC)c(CC(=O)N2CCN(C(=O)c3ccco3)CC2)c1. The van der Waals surface area contributed by atoms with E-state index in [4.69, 9.17) is 13.9 Å². The molecular weight excluding hydrogens is 336 g/mol. The maximum Gasteiger partial charge on any atom is 0.289 e. The van der Waals surface area contributed by atoms with Gasteiger partial charge in [0.25, 0.3) is 5.91 Å². The fourth-order valence-electron chi connectivity index (χ4n) is 3.01. The van der Waals surface area contributed by atoms with Gasteiger partial charge in [0.15, 0.2) is 5.76 Å². The van der Waals surface area contributed by atoms with Gasteiger partial charge in [0, 0.05) is 31.7 Å². The van der Waals surface area contributed by atoms with Crippen LogP contribution in [0.1, 0.15) is 16.1 Å². The zero-order chi connectivity index (χ0) is 18.5. The Morgan fingerprint density at radius 1 is 1.04 bits per heavy atom. The van der Waals surface area contributed by atoms with Gasteiger partial charge in [-0.3, -0.25) is 9.59 Å². The van der Waals surface area contributed by atoms with E-state index in [-0.39, 0.29) is 18.2 Å². The molecule has 2 aromatic rings. The number of piperazine rings is 1. The molecule has 1 aromatic heterocycles. The van der Waals surface area contributed by atoms with Crippen molar-refractivity contribution < 1.29 is 23.5 Å². The number of benzene rings is 1. The van der Waals surface area contributed by atoms with E-state index in [1.165, 1.54) is 6.26 Å². The fourth-order valence-corrected chi connectivity index (χ4v) is 3.01. The third-order valence-electron chi connectivity index (χ3n) is 4.48. The Balaban J connectivity index is 1.60. The minimum Gasteiger partial charge on any atom is -0.497 e. The average Bonchev–Trinajstić information content (AvgIpc) is 3.22. The number of ether oxygens (including phenoxy) is 2. The van der Waals surface area contributed by atoms with Crippen LogP contribution in [-0.4, -0.2) is 62.0 Å². The smallest absolute Gasteiger partial charge is 0.289 e. The van der Waals surface area contributed by atoms with Crippen LogP contribution in [0, 0.1) is 0 Å². The zero-order valence-corrected chi connectivity index (χ0v) is 14.9. The summed E-state index contributed by atoms with van der Waals surface area (Å²) >= 11 is 0. The lowest BCUT2D eigenvalue weighted by molar-refractivity contribution is -0.131. The molecule has 0 aliphatic carbocycles. The lowest BCUT2D eigenvalue weighted by Gasteiger charge is -2.34. The molecule has 7 nitrogen and oxygen atoms in total. The highest BCUT2D eigenvalue weighted by Gasteiger charge is 2.26. The molecule has 0 radical (unpaired) electrons. The molecule has 0 atom stereocenters. The largest absolute Gasteiger partial charge is 0.497 e. The van der Waals surface area contributed by atoms with Crippen molar-refractivity contribution in [3.05, 3.63) is 47.9 Å². The Morgan fingerprint density at radius 3 is 2.38 bits per heavy atom. The summed E-state index contributed by atoms with van der Waals surface area (Å²) in [6.45, 7) is 1.97. The number of hydrogen-bond acceptors (Lipinski definition) is 5. The van der Waals surface area contributed by atoms with Gasteiger partial charge in [-0.15, -0.1) is 0 Å². The molecule has 0 spiro atoms. The van der Waals surface area contributed by atoms with E-state index in [0.717, 1.165) is 5.56 Å². The summed E-state index contributed by atoms with van der Waals surface area (Å²) in [6.07, 6.45) is 1.71. The van der Waals surface area contributed by atoms with E-state index in [1.807, 2.05) is 6.07 Å². The summed E-state index contributed by atoms with van der Waals surface area (Å²) in [5.41, 5.74) is 0.783. The van der Waals surface area contributed by atoms with Crippen molar-refractivity contribution in [3.63, 3.8) is 0 Å². The molecular formula is C19H22N2O5. The number of hydrogen-bond donors (Lipinski definition) is 0. The molecule has 2 amide bonds. The van der Waals surface area contributed by atoms with E-state index in [2.05, 4.69) is 0 Å². The molecule has 1 fully saturated rings. The molecule has 26 heavy (non-hydrogen) atoms. The summed E-state index contributed by atoms with van der Waals surface area (Å²) in [6, 6.07) is 8.74. The van der Waals surface area contributed by atoms with Gasteiger partial charge in [-0.05, 0) is 30.3 Å². The van der Waals surface area contributed by atoms with Gasteiger partial charge in [-0.1, -0.05) is 0 Å². The first kappa shape index (κ1) is 17.8. The number of nitrogens with zero attached hydrogens (tertiary/aromatic N) is 2. The minimum absolute atomic E-state index is 0.00153. The standard InChI is InChI=1S/C19H22N2O5/c1-24-15-5-6-16(25-2)14(12-15)13-18(22)20-7-9-21(10-8-20)19(23)17-4-3-11-26-17/h3-6,11-12H,7-10,13H2,1-2H3. The quantitative estimate of drug-likeness (QED) is 0.815. The normalized spacial score (nSPS) is 14.2. The predicted molar refractivity (Wildman–Crippen MR) is 94.4 cm³/mol. The van der Waals surface area contributed by atoms with Crippen molar-refractivity contribution >= 4 is 11.8 Å². The van der Waals surface area contributed by atoms with Crippen molar-refractivity contribution in [1.29, 1.82) is 0 Å². The molecule has 1 aromatic carbocycles. The van der Waals surface area contributed by atoms with Gasteiger partial charge in [-0.2, -0.15) is 0 Å². The molecule has 1 saturated heterocycles. The summed E-state index contributed by atoms with van der Waals surface area (Å²) in [5.74, 6) is 1.53. The molecule has 1 aliphatic rings.